The number of ether oxygens (including phenoxy) is 2. The topological polar surface area (TPSA) is 113 Å². The maximum Gasteiger partial charge on any atom is 0.318 e. The Balaban J connectivity index is 1.90. The van der Waals surface area contributed by atoms with E-state index >= 15 is 0 Å². The lowest BCUT2D eigenvalue weighted by Gasteiger charge is -2.34. The first-order valence-electron chi connectivity index (χ1n) is 8.00. The average Bonchev–Trinajstić information content (AvgIpc) is 2.59. The highest BCUT2D eigenvalue weighted by Gasteiger charge is 2.29. The molecule has 2 rings (SSSR count). The van der Waals surface area contributed by atoms with Gasteiger partial charge in [-0.05, 0) is 12.1 Å². The van der Waals surface area contributed by atoms with Crippen molar-refractivity contribution in [2.75, 3.05) is 45.6 Å². The number of amides is 1. The second-order valence-electron chi connectivity index (χ2n) is 5.88. The molecule has 10 heteroatoms. The van der Waals surface area contributed by atoms with Crippen LogP contribution in [0.1, 0.15) is 0 Å². The number of hydrogen-bond acceptors (Lipinski definition) is 6. The second kappa shape index (κ2) is 8.97. The Labute approximate surface area is 152 Å². The van der Waals surface area contributed by atoms with Crippen molar-refractivity contribution in [2.45, 2.75) is 6.10 Å². The molecular formula is C16H22N2O7S. The van der Waals surface area contributed by atoms with Crippen molar-refractivity contribution in [1.82, 2.24) is 9.21 Å². The normalized spacial score (nSPS) is 17.9. The molecule has 1 aromatic rings. The summed E-state index contributed by atoms with van der Waals surface area (Å²) in [5.74, 6) is -0.919. The molecule has 1 aliphatic rings. The van der Waals surface area contributed by atoms with Crippen LogP contribution in [0, 0.1) is 0 Å². The summed E-state index contributed by atoms with van der Waals surface area (Å²) in [5, 5.41) is 8.87. The molecule has 9 nitrogen and oxygen atoms in total. The van der Waals surface area contributed by atoms with E-state index in [1.807, 2.05) is 6.07 Å². The highest BCUT2D eigenvalue weighted by molar-refractivity contribution is 7.88. The van der Waals surface area contributed by atoms with Crippen molar-refractivity contribution in [1.29, 1.82) is 0 Å². The van der Waals surface area contributed by atoms with Crippen LogP contribution in [0.4, 0.5) is 0 Å². The number of carbonyl (C=O) groups excluding carboxylic acids is 1. The second-order valence-corrected chi connectivity index (χ2v) is 7.87. The van der Waals surface area contributed by atoms with Crippen molar-refractivity contribution in [3.63, 3.8) is 0 Å². The number of benzene rings is 1. The zero-order valence-corrected chi connectivity index (χ0v) is 15.2. The van der Waals surface area contributed by atoms with Gasteiger partial charge < -0.3 is 19.5 Å². The van der Waals surface area contributed by atoms with Crippen LogP contribution in [0.5, 0.6) is 5.75 Å². The van der Waals surface area contributed by atoms with Gasteiger partial charge in [0.25, 0.3) is 5.91 Å². The van der Waals surface area contributed by atoms with E-state index in [9.17, 15) is 18.0 Å². The summed E-state index contributed by atoms with van der Waals surface area (Å²) < 4.78 is 35.2. The minimum atomic E-state index is -3.70. The lowest BCUT2D eigenvalue weighted by Crippen LogP contribution is -2.52. The summed E-state index contributed by atoms with van der Waals surface area (Å²) in [6.07, 6.45) is 0.341. The molecule has 0 bridgehead atoms. The largest absolute Gasteiger partial charge is 0.484 e. The quantitative estimate of drug-likeness (QED) is 0.649. The van der Waals surface area contributed by atoms with Crippen LogP contribution < -0.4 is 4.74 Å². The molecule has 1 aliphatic heterocycles. The summed E-state index contributed by atoms with van der Waals surface area (Å²) in [6, 6.07) is 8.92. The van der Waals surface area contributed by atoms with Gasteiger partial charge in [0, 0.05) is 19.6 Å². The van der Waals surface area contributed by atoms with Crippen LogP contribution in [0.2, 0.25) is 0 Å². The zero-order chi connectivity index (χ0) is 19.2. The number of para-hydroxylation sites is 1. The number of carboxylic acid groups (broad SMARTS) is 1. The first-order chi connectivity index (χ1) is 12.3. The Bertz CT molecular complexity index is 723. The highest BCUT2D eigenvalue weighted by atomic mass is 32.2. The zero-order valence-electron chi connectivity index (χ0n) is 14.4. The molecule has 0 saturated carbocycles. The van der Waals surface area contributed by atoms with Gasteiger partial charge in [-0.1, -0.05) is 18.2 Å². The van der Waals surface area contributed by atoms with Crippen LogP contribution in [0.25, 0.3) is 0 Å². The molecule has 0 spiro atoms. The number of sulfonamides is 1. The van der Waals surface area contributed by atoms with Crippen molar-refractivity contribution in [3.05, 3.63) is 30.3 Å². The van der Waals surface area contributed by atoms with Crippen molar-refractivity contribution in [2.24, 2.45) is 0 Å². The first kappa shape index (κ1) is 20.1. The van der Waals surface area contributed by atoms with Gasteiger partial charge in [0.2, 0.25) is 10.0 Å². The molecule has 1 saturated heterocycles. The van der Waals surface area contributed by atoms with E-state index in [4.69, 9.17) is 14.6 Å². The van der Waals surface area contributed by atoms with Gasteiger partial charge in [0.1, 0.15) is 12.3 Å². The Morgan fingerprint density at radius 3 is 2.65 bits per heavy atom. The summed E-state index contributed by atoms with van der Waals surface area (Å²) in [6.45, 7) is -0.139. The third-order valence-corrected chi connectivity index (χ3v) is 5.00. The van der Waals surface area contributed by atoms with Gasteiger partial charge >= 0.3 is 5.97 Å². The predicted octanol–water partition coefficient (Wildman–Crippen LogP) is -0.361. The maximum absolute atomic E-state index is 12.3. The Hall–Kier alpha value is -2.17. The molecule has 0 radical (unpaired) electrons. The number of morpholine rings is 1. The number of nitrogens with zero attached hydrogens (tertiary/aromatic N) is 2. The smallest absolute Gasteiger partial charge is 0.318 e. The van der Waals surface area contributed by atoms with Crippen LogP contribution in [-0.4, -0.2) is 86.4 Å². The number of rotatable bonds is 8. The Morgan fingerprint density at radius 2 is 2.04 bits per heavy atom. The van der Waals surface area contributed by atoms with E-state index in [1.165, 1.54) is 4.90 Å². The maximum atomic E-state index is 12.3. The minimum absolute atomic E-state index is 0.131. The van der Waals surface area contributed by atoms with Gasteiger partial charge in [-0.3, -0.25) is 9.59 Å². The summed E-state index contributed by atoms with van der Waals surface area (Å²) >= 11 is 0. The van der Waals surface area contributed by atoms with Crippen molar-refractivity contribution < 1.29 is 32.6 Å². The van der Waals surface area contributed by atoms with E-state index < -0.39 is 28.6 Å². The molecular weight excluding hydrogens is 364 g/mol. The van der Waals surface area contributed by atoms with E-state index in [1.54, 1.807) is 24.3 Å². The van der Waals surface area contributed by atoms with Gasteiger partial charge in [-0.2, -0.15) is 4.31 Å². The molecule has 1 fully saturated rings. The molecule has 1 N–H and O–H groups in total. The van der Waals surface area contributed by atoms with Gasteiger partial charge in [-0.15, -0.1) is 0 Å². The monoisotopic (exact) mass is 386 g/mol. The average molecular weight is 386 g/mol. The van der Waals surface area contributed by atoms with Gasteiger partial charge in [0.15, 0.2) is 6.61 Å². The molecule has 0 unspecified atom stereocenters. The number of aliphatic carboxylic acids is 1. The number of carbonyl (C=O) groups is 2. The molecule has 26 heavy (non-hydrogen) atoms. The third-order valence-electron chi connectivity index (χ3n) is 3.78. The van der Waals surface area contributed by atoms with Crippen LogP contribution >= 0.6 is 0 Å². The number of hydrogen-bond donors (Lipinski definition) is 1. The molecule has 1 heterocycles. The fourth-order valence-electron chi connectivity index (χ4n) is 2.50. The first-order valence-corrected chi connectivity index (χ1v) is 9.84. The summed E-state index contributed by atoms with van der Waals surface area (Å²) in [5.41, 5.74) is 0. The van der Waals surface area contributed by atoms with Gasteiger partial charge in [-0.25, -0.2) is 8.42 Å². The summed E-state index contributed by atoms with van der Waals surface area (Å²) in [4.78, 5) is 24.7. The van der Waals surface area contributed by atoms with E-state index in [-0.39, 0.29) is 32.2 Å². The molecule has 144 valence electrons. The molecule has 1 amide bonds. The molecule has 1 atom stereocenters. The fourth-order valence-corrected chi connectivity index (χ4v) is 3.29. The summed E-state index contributed by atoms with van der Waals surface area (Å²) in [7, 11) is -3.70. The van der Waals surface area contributed by atoms with Crippen LogP contribution in [0.15, 0.2) is 30.3 Å². The highest BCUT2D eigenvalue weighted by Crippen LogP contribution is 2.12. The molecule has 0 aromatic heterocycles. The lowest BCUT2D eigenvalue weighted by atomic mass is 10.2. The van der Waals surface area contributed by atoms with Crippen molar-refractivity contribution in [3.8, 4) is 5.75 Å². The van der Waals surface area contributed by atoms with E-state index in [0.29, 0.717) is 12.3 Å². The van der Waals surface area contributed by atoms with Crippen LogP contribution in [0.3, 0.4) is 0 Å². The number of carboxylic acids is 1. The Morgan fingerprint density at radius 1 is 1.35 bits per heavy atom. The molecule has 1 aromatic carbocycles. The predicted molar refractivity (Wildman–Crippen MR) is 92.3 cm³/mol. The van der Waals surface area contributed by atoms with E-state index in [0.717, 1.165) is 10.6 Å². The minimum Gasteiger partial charge on any atom is -0.484 e. The lowest BCUT2D eigenvalue weighted by molar-refractivity contribution is -0.142. The molecule has 0 aliphatic carbocycles. The van der Waals surface area contributed by atoms with Gasteiger partial charge in [0.05, 0.1) is 19.0 Å². The Kier molecular flexibility index (Phi) is 6.95. The fraction of sp³-hybridized carbons (Fsp3) is 0.500. The van der Waals surface area contributed by atoms with Crippen LogP contribution in [-0.2, 0) is 24.3 Å². The van der Waals surface area contributed by atoms with Crippen molar-refractivity contribution >= 4 is 21.9 Å². The third kappa shape index (κ3) is 6.28. The SMILES string of the molecule is CS(=O)(=O)N(CC(=O)O)C[C@H]1CN(C(=O)COc2ccccc2)CCO1. The van der Waals surface area contributed by atoms with E-state index in [2.05, 4.69) is 0 Å². The standard InChI is InChI=1S/C16H22N2O7S/c1-26(22,23)18(11-16(20)21)10-14-9-17(7-8-24-14)15(19)12-25-13-5-3-2-4-6-13/h2-6,14H,7-12H2,1H3,(H,20,21)/t14-/m1/s1.